The maximum Gasteiger partial charge on any atom is 0.0594 e. The summed E-state index contributed by atoms with van der Waals surface area (Å²) in [5.41, 5.74) is 0. The van der Waals surface area contributed by atoms with Crippen LogP contribution in [0.1, 0.15) is 13.8 Å². The molecule has 1 N–H and O–H groups in total. The SMILES string of the molecule is C[C@H](O)[C@@H](C)CN1CCOCC1. The number of ether oxygens (including phenoxy) is 1. The standard InChI is InChI=1S/C9H19NO2/c1-8(9(2)11)7-10-3-5-12-6-4-10/h8-9,11H,3-7H2,1-2H3/t8-,9-/m0/s1. The second-order valence-corrected chi connectivity index (χ2v) is 3.63. The molecule has 0 saturated carbocycles. The molecule has 0 amide bonds. The first kappa shape index (κ1) is 9.96. The summed E-state index contributed by atoms with van der Waals surface area (Å²) in [4.78, 5) is 2.35. The Hall–Kier alpha value is -0.120. The first-order valence-electron chi connectivity index (χ1n) is 4.68. The monoisotopic (exact) mass is 173 g/mol. The zero-order chi connectivity index (χ0) is 8.97. The van der Waals surface area contributed by atoms with Crippen LogP contribution in [0.2, 0.25) is 0 Å². The van der Waals surface area contributed by atoms with Crippen LogP contribution in [-0.2, 0) is 4.74 Å². The van der Waals surface area contributed by atoms with Gasteiger partial charge in [0.15, 0.2) is 0 Å². The fraction of sp³-hybridized carbons (Fsp3) is 1.00. The van der Waals surface area contributed by atoms with Crippen LogP contribution < -0.4 is 0 Å². The van der Waals surface area contributed by atoms with Crippen molar-refractivity contribution < 1.29 is 9.84 Å². The minimum Gasteiger partial charge on any atom is -0.393 e. The van der Waals surface area contributed by atoms with Gasteiger partial charge < -0.3 is 9.84 Å². The van der Waals surface area contributed by atoms with Crippen molar-refractivity contribution in [3.8, 4) is 0 Å². The normalized spacial score (nSPS) is 25.2. The van der Waals surface area contributed by atoms with E-state index >= 15 is 0 Å². The molecule has 2 atom stereocenters. The Morgan fingerprint density at radius 3 is 2.42 bits per heavy atom. The first-order chi connectivity index (χ1) is 5.70. The van der Waals surface area contributed by atoms with Gasteiger partial charge in [0.25, 0.3) is 0 Å². The minimum absolute atomic E-state index is 0.201. The molecule has 0 unspecified atom stereocenters. The Morgan fingerprint density at radius 1 is 1.33 bits per heavy atom. The second-order valence-electron chi connectivity index (χ2n) is 3.63. The summed E-state index contributed by atoms with van der Waals surface area (Å²) in [5.74, 6) is 0.364. The fourth-order valence-corrected chi connectivity index (χ4v) is 1.34. The van der Waals surface area contributed by atoms with E-state index in [-0.39, 0.29) is 6.10 Å². The molecule has 1 aliphatic heterocycles. The summed E-state index contributed by atoms with van der Waals surface area (Å²) in [5, 5.41) is 9.29. The molecule has 1 heterocycles. The van der Waals surface area contributed by atoms with Crippen LogP contribution in [0.25, 0.3) is 0 Å². The Kier molecular flexibility index (Phi) is 3.98. The maximum atomic E-state index is 9.29. The summed E-state index contributed by atoms with van der Waals surface area (Å²) in [6, 6.07) is 0. The third-order valence-corrected chi connectivity index (χ3v) is 2.47. The highest BCUT2D eigenvalue weighted by atomic mass is 16.5. The van der Waals surface area contributed by atoms with Crippen molar-refractivity contribution in [3.63, 3.8) is 0 Å². The van der Waals surface area contributed by atoms with Gasteiger partial charge in [-0.1, -0.05) is 6.92 Å². The van der Waals surface area contributed by atoms with Gasteiger partial charge in [0.2, 0.25) is 0 Å². The zero-order valence-electron chi connectivity index (χ0n) is 7.99. The summed E-state index contributed by atoms with van der Waals surface area (Å²) in [7, 11) is 0. The Morgan fingerprint density at radius 2 is 1.92 bits per heavy atom. The van der Waals surface area contributed by atoms with Crippen LogP contribution in [0.4, 0.5) is 0 Å². The minimum atomic E-state index is -0.201. The maximum absolute atomic E-state index is 9.29. The van der Waals surface area contributed by atoms with Gasteiger partial charge >= 0.3 is 0 Å². The van der Waals surface area contributed by atoms with E-state index < -0.39 is 0 Å². The van der Waals surface area contributed by atoms with Crippen molar-refractivity contribution in [2.45, 2.75) is 20.0 Å². The highest BCUT2D eigenvalue weighted by Gasteiger charge is 2.16. The number of hydrogen-bond donors (Lipinski definition) is 1. The van der Waals surface area contributed by atoms with Crippen LogP contribution in [-0.4, -0.2) is 49.0 Å². The van der Waals surface area contributed by atoms with Crippen molar-refractivity contribution >= 4 is 0 Å². The lowest BCUT2D eigenvalue weighted by Gasteiger charge is -2.29. The van der Waals surface area contributed by atoms with Crippen LogP contribution >= 0.6 is 0 Å². The van der Waals surface area contributed by atoms with E-state index in [1.54, 1.807) is 0 Å². The molecule has 1 rings (SSSR count). The average molecular weight is 173 g/mol. The van der Waals surface area contributed by atoms with E-state index in [1.165, 1.54) is 0 Å². The molecule has 0 radical (unpaired) electrons. The number of rotatable bonds is 3. The lowest BCUT2D eigenvalue weighted by Crippen LogP contribution is -2.40. The lowest BCUT2D eigenvalue weighted by atomic mass is 10.1. The molecule has 3 nitrogen and oxygen atoms in total. The van der Waals surface area contributed by atoms with E-state index in [0.717, 1.165) is 32.8 Å². The summed E-state index contributed by atoms with van der Waals surface area (Å²) < 4.78 is 5.24. The molecular formula is C9H19NO2. The second kappa shape index (κ2) is 4.80. The molecule has 0 aliphatic carbocycles. The molecule has 1 fully saturated rings. The van der Waals surface area contributed by atoms with Crippen molar-refractivity contribution in [3.05, 3.63) is 0 Å². The number of nitrogens with zero attached hydrogens (tertiary/aromatic N) is 1. The third kappa shape index (κ3) is 3.09. The molecule has 3 heteroatoms. The van der Waals surface area contributed by atoms with E-state index in [2.05, 4.69) is 11.8 Å². The number of aliphatic hydroxyl groups is 1. The van der Waals surface area contributed by atoms with Gasteiger partial charge in [-0.15, -0.1) is 0 Å². The molecule has 0 aromatic carbocycles. The summed E-state index contributed by atoms with van der Waals surface area (Å²) in [6.45, 7) is 8.62. The number of aliphatic hydroxyl groups excluding tert-OH is 1. The Balaban J connectivity index is 2.20. The molecule has 0 aromatic heterocycles. The van der Waals surface area contributed by atoms with E-state index in [4.69, 9.17) is 4.74 Å². The third-order valence-electron chi connectivity index (χ3n) is 2.47. The van der Waals surface area contributed by atoms with Crippen molar-refractivity contribution in [1.29, 1.82) is 0 Å². The quantitative estimate of drug-likeness (QED) is 0.668. The molecular weight excluding hydrogens is 154 g/mol. The van der Waals surface area contributed by atoms with Gasteiger partial charge in [-0.2, -0.15) is 0 Å². The van der Waals surface area contributed by atoms with E-state index in [0.29, 0.717) is 5.92 Å². The topological polar surface area (TPSA) is 32.7 Å². The summed E-state index contributed by atoms with van der Waals surface area (Å²) in [6.07, 6.45) is -0.201. The lowest BCUT2D eigenvalue weighted by molar-refractivity contribution is 0.0183. The van der Waals surface area contributed by atoms with E-state index in [9.17, 15) is 5.11 Å². The van der Waals surface area contributed by atoms with E-state index in [1.807, 2.05) is 6.92 Å². The van der Waals surface area contributed by atoms with Gasteiger partial charge in [-0.05, 0) is 12.8 Å². The Bertz CT molecular complexity index is 122. The highest BCUT2D eigenvalue weighted by molar-refractivity contribution is 4.68. The van der Waals surface area contributed by atoms with Crippen LogP contribution in [0.3, 0.4) is 0 Å². The van der Waals surface area contributed by atoms with Gasteiger partial charge in [0, 0.05) is 19.6 Å². The number of hydrogen-bond acceptors (Lipinski definition) is 3. The van der Waals surface area contributed by atoms with Gasteiger partial charge in [-0.3, -0.25) is 4.90 Å². The number of morpholine rings is 1. The van der Waals surface area contributed by atoms with Gasteiger partial charge in [0.05, 0.1) is 19.3 Å². The fourth-order valence-electron chi connectivity index (χ4n) is 1.34. The predicted molar refractivity (Wildman–Crippen MR) is 48.1 cm³/mol. The molecule has 1 saturated heterocycles. The molecule has 1 aliphatic rings. The Labute approximate surface area is 74.3 Å². The average Bonchev–Trinajstić information content (AvgIpc) is 2.06. The molecule has 12 heavy (non-hydrogen) atoms. The zero-order valence-corrected chi connectivity index (χ0v) is 7.99. The van der Waals surface area contributed by atoms with Crippen molar-refractivity contribution in [1.82, 2.24) is 4.90 Å². The smallest absolute Gasteiger partial charge is 0.0594 e. The van der Waals surface area contributed by atoms with Crippen molar-refractivity contribution in [2.75, 3.05) is 32.8 Å². The van der Waals surface area contributed by atoms with Gasteiger partial charge in [0.1, 0.15) is 0 Å². The van der Waals surface area contributed by atoms with Crippen LogP contribution in [0, 0.1) is 5.92 Å². The van der Waals surface area contributed by atoms with Crippen molar-refractivity contribution in [2.24, 2.45) is 5.92 Å². The highest BCUT2D eigenvalue weighted by Crippen LogP contribution is 2.06. The molecule has 0 spiro atoms. The molecule has 72 valence electrons. The molecule has 0 bridgehead atoms. The first-order valence-corrected chi connectivity index (χ1v) is 4.68. The largest absolute Gasteiger partial charge is 0.393 e. The van der Waals surface area contributed by atoms with Gasteiger partial charge in [-0.25, -0.2) is 0 Å². The van der Waals surface area contributed by atoms with Crippen LogP contribution in [0.15, 0.2) is 0 Å². The predicted octanol–water partition coefficient (Wildman–Crippen LogP) is 0.335. The summed E-state index contributed by atoms with van der Waals surface area (Å²) >= 11 is 0. The molecule has 0 aromatic rings. The van der Waals surface area contributed by atoms with Crippen LogP contribution in [0.5, 0.6) is 0 Å².